The Morgan fingerprint density at radius 1 is 0.864 bits per heavy atom. The van der Waals surface area contributed by atoms with Crippen molar-refractivity contribution in [2.75, 3.05) is 0 Å². The van der Waals surface area contributed by atoms with Gasteiger partial charge in [0, 0.05) is 16.5 Å². The number of nitrogens with zero attached hydrogens (tertiary/aromatic N) is 2. The van der Waals surface area contributed by atoms with Crippen LogP contribution in [-0.2, 0) is 12.8 Å². The molecule has 4 aromatic rings. The third-order valence-electron chi connectivity index (χ3n) is 4.71. The van der Waals surface area contributed by atoms with E-state index >= 15 is 0 Å². The number of benzene rings is 2. The minimum absolute atomic E-state index is 1.11. The second-order valence-electron chi connectivity index (χ2n) is 6.02. The SMILES string of the molecule is c1ccc(-c2cc3ccccc3c3c4c(nn23)CCC4)cc1. The molecule has 1 aliphatic carbocycles. The van der Waals surface area contributed by atoms with E-state index in [1.807, 2.05) is 0 Å². The molecule has 0 atom stereocenters. The van der Waals surface area contributed by atoms with Crippen molar-refractivity contribution in [3.63, 3.8) is 0 Å². The van der Waals surface area contributed by atoms with Gasteiger partial charge in [-0.3, -0.25) is 0 Å². The second-order valence-corrected chi connectivity index (χ2v) is 6.02. The Kier molecular flexibility index (Phi) is 2.42. The summed E-state index contributed by atoms with van der Waals surface area (Å²) in [4.78, 5) is 0. The van der Waals surface area contributed by atoms with E-state index in [1.165, 1.54) is 45.2 Å². The summed E-state index contributed by atoms with van der Waals surface area (Å²) in [7, 11) is 0. The molecular weight excluding hydrogens is 268 g/mol. The number of hydrogen-bond acceptors (Lipinski definition) is 1. The molecule has 0 saturated carbocycles. The van der Waals surface area contributed by atoms with Gasteiger partial charge in [-0.15, -0.1) is 0 Å². The van der Waals surface area contributed by atoms with E-state index in [0.29, 0.717) is 0 Å². The molecule has 0 amide bonds. The maximum atomic E-state index is 4.94. The van der Waals surface area contributed by atoms with Gasteiger partial charge in [0.25, 0.3) is 0 Å². The predicted molar refractivity (Wildman–Crippen MR) is 90.2 cm³/mol. The predicted octanol–water partition coefficient (Wildman–Crippen LogP) is 4.64. The van der Waals surface area contributed by atoms with Gasteiger partial charge < -0.3 is 0 Å². The molecule has 0 N–H and O–H groups in total. The van der Waals surface area contributed by atoms with Gasteiger partial charge in [-0.25, -0.2) is 4.52 Å². The molecule has 106 valence electrons. The molecule has 22 heavy (non-hydrogen) atoms. The minimum atomic E-state index is 1.11. The molecule has 0 spiro atoms. The van der Waals surface area contributed by atoms with Crippen LogP contribution in [0.3, 0.4) is 0 Å². The molecule has 0 radical (unpaired) electrons. The molecule has 0 unspecified atom stereocenters. The van der Waals surface area contributed by atoms with Crippen molar-refractivity contribution >= 4 is 16.3 Å². The lowest BCUT2D eigenvalue weighted by molar-refractivity contribution is 0.845. The first-order valence-corrected chi connectivity index (χ1v) is 7.89. The van der Waals surface area contributed by atoms with Crippen LogP contribution >= 0.6 is 0 Å². The summed E-state index contributed by atoms with van der Waals surface area (Å²) in [5.74, 6) is 0. The average Bonchev–Trinajstić information content (AvgIpc) is 3.16. The Balaban J connectivity index is 1.98. The average molecular weight is 284 g/mol. The second kappa shape index (κ2) is 4.44. The maximum Gasteiger partial charge on any atom is 0.0782 e. The highest BCUT2D eigenvalue weighted by Crippen LogP contribution is 2.34. The molecule has 0 saturated heterocycles. The van der Waals surface area contributed by atoms with Gasteiger partial charge >= 0.3 is 0 Å². The van der Waals surface area contributed by atoms with Crippen molar-refractivity contribution in [3.05, 3.63) is 71.9 Å². The summed E-state index contributed by atoms with van der Waals surface area (Å²) in [6, 6.07) is 21.5. The van der Waals surface area contributed by atoms with Crippen LogP contribution in [0.5, 0.6) is 0 Å². The number of aromatic nitrogens is 2. The highest BCUT2D eigenvalue weighted by molar-refractivity contribution is 6.00. The van der Waals surface area contributed by atoms with Crippen LogP contribution in [0.1, 0.15) is 17.7 Å². The third-order valence-corrected chi connectivity index (χ3v) is 4.71. The highest BCUT2D eigenvalue weighted by atomic mass is 15.2. The lowest BCUT2D eigenvalue weighted by atomic mass is 10.0. The van der Waals surface area contributed by atoms with Crippen molar-refractivity contribution < 1.29 is 0 Å². The molecule has 2 nitrogen and oxygen atoms in total. The fourth-order valence-electron chi connectivity index (χ4n) is 3.70. The van der Waals surface area contributed by atoms with Crippen LogP contribution in [0.15, 0.2) is 60.7 Å². The van der Waals surface area contributed by atoms with Gasteiger partial charge in [0.15, 0.2) is 0 Å². The first-order valence-electron chi connectivity index (χ1n) is 7.89. The molecule has 2 heteroatoms. The van der Waals surface area contributed by atoms with E-state index in [1.54, 1.807) is 0 Å². The normalized spacial score (nSPS) is 13.8. The Morgan fingerprint density at radius 2 is 1.68 bits per heavy atom. The topological polar surface area (TPSA) is 17.3 Å². The number of fused-ring (bicyclic) bond motifs is 5. The summed E-state index contributed by atoms with van der Waals surface area (Å²) >= 11 is 0. The number of pyridine rings is 1. The monoisotopic (exact) mass is 284 g/mol. The molecule has 2 aromatic heterocycles. The van der Waals surface area contributed by atoms with Crippen LogP contribution in [0, 0.1) is 0 Å². The van der Waals surface area contributed by atoms with Crippen LogP contribution in [-0.4, -0.2) is 9.61 Å². The van der Waals surface area contributed by atoms with E-state index in [9.17, 15) is 0 Å². The zero-order chi connectivity index (χ0) is 14.5. The van der Waals surface area contributed by atoms with Gasteiger partial charge in [-0.2, -0.15) is 5.10 Å². The van der Waals surface area contributed by atoms with Crippen molar-refractivity contribution in [1.29, 1.82) is 0 Å². The maximum absolute atomic E-state index is 4.94. The first kappa shape index (κ1) is 12.0. The molecule has 5 rings (SSSR count). The van der Waals surface area contributed by atoms with Crippen LogP contribution in [0.25, 0.3) is 27.5 Å². The molecule has 0 bridgehead atoms. The summed E-state index contributed by atoms with van der Waals surface area (Å²) in [5.41, 5.74) is 6.45. The summed E-state index contributed by atoms with van der Waals surface area (Å²) in [5, 5.41) is 7.55. The lowest BCUT2D eigenvalue weighted by Crippen LogP contribution is -1.97. The van der Waals surface area contributed by atoms with E-state index in [2.05, 4.69) is 65.2 Å². The van der Waals surface area contributed by atoms with Crippen molar-refractivity contribution in [2.24, 2.45) is 0 Å². The molecule has 2 heterocycles. The number of rotatable bonds is 1. The number of hydrogen-bond donors (Lipinski definition) is 0. The molecular formula is C20H16N2. The highest BCUT2D eigenvalue weighted by Gasteiger charge is 2.21. The summed E-state index contributed by atoms with van der Waals surface area (Å²) in [6.45, 7) is 0. The van der Waals surface area contributed by atoms with Crippen LogP contribution in [0.2, 0.25) is 0 Å². The first-order chi connectivity index (χ1) is 10.9. The molecule has 2 aromatic carbocycles. The van der Waals surface area contributed by atoms with Gasteiger partial charge in [0.2, 0.25) is 0 Å². The smallest absolute Gasteiger partial charge is 0.0782 e. The zero-order valence-electron chi connectivity index (χ0n) is 12.3. The van der Waals surface area contributed by atoms with Crippen LogP contribution in [0.4, 0.5) is 0 Å². The van der Waals surface area contributed by atoms with Crippen molar-refractivity contribution in [3.8, 4) is 11.3 Å². The quantitative estimate of drug-likeness (QED) is 0.497. The van der Waals surface area contributed by atoms with Gasteiger partial charge in [0.1, 0.15) is 0 Å². The van der Waals surface area contributed by atoms with E-state index in [-0.39, 0.29) is 0 Å². The Labute approximate surface area is 129 Å². The Morgan fingerprint density at radius 3 is 2.59 bits per heavy atom. The molecule has 0 aliphatic heterocycles. The van der Waals surface area contributed by atoms with E-state index < -0.39 is 0 Å². The summed E-state index contributed by atoms with van der Waals surface area (Å²) in [6.07, 6.45) is 3.50. The van der Waals surface area contributed by atoms with Gasteiger partial charge in [-0.05, 0) is 30.7 Å². The van der Waals surface area contributed by atoms with Gasteiger partial charge in [0.05, 0.1) is 16.9 Å². The standard InChI is InChI=1S/C20H16N2/c1-2-7-14(8-3-1)19-13-15-9-4-5-10-16(15)20-17-11-6-12-18(17)21-22(19)20/h1-5,7-10,13H,6,11-12H2. The van der Waals surface area contributed by atoms with Crippen LogP contribution < -0.4 is 0 Å². The third kappa shape index (κ3) is 1.58. The van der Waals surface area contributed by atoms with Gasteiger partial charge in [-0.1, -0.05) is 54.6 Å². The zero-order valence-corrected chi connectivity index (χ0v) is 12.3. The minimum Gasteiger partial charge on any atom is -0.232 e. The molecule has 1 aliphatic rings. The van der Waals surface area contributed by atoms with E-state index in [4.69, 9.17) is 5.10 Å². The Hall–Kier alpha value is -2.61. The fraction of sp³-hybridized carbons (Fsp3) is 0.150. The van der Waals surface area contributed by atoms with Crippen molar-refractivity contribution in [1.82, 2.24) is 9.61 Å². The van der Waals surface area contributed by atoms with Crippen molar-refractivity contribution in [2.45, 2.75) is 19.3 Å². The Bertz CT molecular complexity index is 997. The lowest BCUT2D eigenvalue weighted by Gasteiger charge is -2.10. The number of aryl methyl sites for hydroxylation is 2. The fourth-order valence-corrected chi connectivity index (χ4v) is 3.70. The summed E-state index contributed by atoms with van der Waals surface area (Å²) < 4.78 is 2.17. The van der Waals surface area contributed by atoms with E-state index in [0.717, 1.165) is 12.8 Å². The molecule has 0 fully saturated rings. The largest absolute Gasteiger partial charge is 0.232 e.